The zero-order valence-corrected chi connectivity index (χ0v) is 7.75. The van der Waals surface area contributed by atoms with E-state index in [9.17, 15) is 5.11 Å². The molecule has 1 aliphatic carbocycles. The molecule has 0 heterocycles. The highest BCUT2D eigenvalue weighted by atomic mass is 16.5. The number of aliphatic hydroxyl groups is 1. The third kappa shape index (κ3) is 1.97. The minimum absolute atomic E-state index is 0.0456. The largest absolute Gasteiger partial charge is 0.396 e. The summed E-state index contributed by atoms with van der Waals surface area (Å²) in [5, 5.41) is 9.28. The SMILES string of the molecule is COCCC(CN)(CO)C1CC1. The lowest BCUT2D eigenvalue weighted by Crippen LogP contribution is -2.37. The molecule has 0 aromatic heterocycles. The van der Waals surface area contributed by atoms with Gasteiger partial charge in [0.1, 0.15) is 0 Å². The molecule has 0 spiro atoms. The van der Waals surface area contributed by atoms with Crippen molar-refractivity contribution in [2.24, 2.45) is 17.1 Å². The highest BCUT2D eigenvalue weighted by Gasteiger charge is 2.43. The Labute approximate surface area is 73.9 Å². The van der Waals surface area contributed by atoms with Crippen molar-refractivity contribution < 1.29 is 9.84 Å². The van der Waals surface area contributed by atoms with Crippen molar-refractivity contribution in [2.45, 2.75) is 19.3 Å². The minimum Gasteiger partial charge on any atom is -0.396 e. The summed E-state index contributed by atoms with van der Waals surface area (Å²) in [7, 11) is 1.69. The molecule has 0 aliphatic heterocycles. The molecule has 3 N–H and O–H groups in total. The zero-order valence-electron chi connectivity index (χ0n) is 7.75. The summed E-state index contributed by atoms with van der Waals surface area (Å²) < 4.78 is 5.01. The van der Waals surface area contributed by atoms with Gasteiger partial charge in [0, 0.05) is 25.7 Å². The standard InChI is InChI=1S/C9H19NO2/c1-12-5-4-9(6-10,7-11)8-2-3-8/h8,11H,2-7,10H2,1H3. The van der Waals surface area contributed by atoms with Crippen LogP contribution in [0.4, 0.5) is 0 Å². The van der Waals surface area contributed by atoms with E-state index in [4.69, 9.17) is 10.5 Å². The minimum atomic E-state index is -0.0456. The van der Waals surface area contributed by atoms with E-state index < -0.39 is 0 Å². The average Bonchev–Trinajstić information content (AvgIpc) is 2.91. The second-order valence-corrected chi connectivity index (χ2v) is 3.74. The second-order valence-electron chi connectivity index (χ2n) is 3.74. The van der Waals surface area contributed by atoms with Crippen LogP contribution in [-0.2, 0) is 4.74 Å². The van der Waals surface area contributed by atoms with Crippen LogP contribution in [0.2, 0.25) is 0 Å². The smallest absolute Gasteiger partial charge is 0.0503 e. The molecule has 0 bridgehead atoms. The molecule has 1 atom stereocenters. The van der Waals surface area contributed by atoms with Crippen molar-refractivity contribution >= 4 is 0 Å². The maximum absolute atomic E-state index is 9.28. The van der Waals surface area contributed by atoms with Crippen LogP contribution in [0.15, 0.2) is 0 Å². The molecule has 72 valence electrons. The van der Waals surface area contributed by atoms with Gasteiger partial charge in [-0.2, -0.15) is 0 Å². The van der Waals surface area contributed by atoms with Crippen LogP contribution in [-0.4, -0.2) is 32.0 Å². The van der Waals surface area contributed by atoms with Crippen molar-refractivity contribution in [3.05, 3.63) is 0 Å². The zero-order chi connectivity index (χ0) is 9.03. The Balaban J connectivity index is 2.43. The van der Waals surface area contributed by atoms with Gasteiger partial charge in [-0.25, -0.2) is 0 Å². The van der Waals surface area contributed by atoms with Crippen LogP contribution in [0.1, 0.15) is 19.3 Å². The topological polar surface area (TPSA) is 55.5 Å². The number of hydrogen-bond donors (Lipinski definition) is 2. The lowest BCUT2D eigenvalue weighted by Gasteiger charge is -2.30. The highest BCUT2D eigenvalue weighted by Crippen LogP contribution is 2.46. The fourth-order valence-corrected chi connectivity index (χ4v) is 1.75. The van der Waals surface area contributed by atoms with Crippen molar-refractivity contribution in [3.63, 3.8) is 0 Å². The first-order chi connectivity index (χ1) is 5.79. The third-order valence-electron chi connectivity index (χ3n) is 2.97. The number of rotatable bonds is 6. The maximum Gasteiger partial charge on any atom is 0.0503 e. The lowest BCUT2D eigenvalue weighted by atomic mass is 9.80. The normalized spacial score (nSPS) is 22.2. The van der Waals surface area contributed by atoms with E-state index in [2.05, 4.69) is 0 Å². The molecule has 3 heteroatoms. The van der Waals surface area contributed by atoms with Gasteiger partial charge in [-0.1, -0.05) is 0 Å². The molecule has 12 heavy (non-hydrogen) atoms. The van der Waals surface area contributed by atoms with E-state index in [1.807, 2.05) is 0 Å². The van der Waals surface area contributed by atoms with Gasteiger partial charge in [0.05, 0.1) is 6.61 Å². The van der Waals surface area contributed by atoms with Crippen LogP contribution < -0.4 is 5.73 Å². The molecule has 1 aliphatic rings. The summed E-state index contributed by atoms with van der Waals surface area (Å²) in [5.41, 5.74) is 5.64. The number of ether oxygens (including phenoxy) is 1. The van der Waals surface area contributed by atoms with Crippen molar-refractivity contribution in [3.8, 4) is 0 Å². The van der Waals surface area contributed by atoms with Gasteiger partial charge in [-0.15, -0.1) is 0 Å². The van der Waals surface area contributed by atoms with Gasteiger partial charge in [-0.05, 0) is 25.2 Å². The molecular weight excluding hydrogens is 154 g/mol. The second kappa shape index (κ2) is 4.21. The van der Waals surface area contributed by atoms with Crippen LogP contribution >= 0.6 is 0 Å². The monoisotopic (exact) mass is 173 g/mol. The van der Waals surface area contributed by atoms with E-state index in [0.29, 0.717) is 19.1 Å². The van der Waals surface area contributed by atoms with E-state index >= 15 is 0 Å². The summed E-state index contributed by atoms with van der Waals surface area (Å²) in [4.78, 5) is 0. The van der Waals surface area contributed by atoms with Gasteiger partial charge >= 0.3 is 0 Å². The first-order valence-electron chi connectivity index (χ1n) is 4.59. The maximum atomic E-state index is 9.28. The van der Waals surface area contributed by atoms with Gasteiger partial charge in [0.2, 0.25) is 0 Å². The summed E-state index contributed by atoms with van der Waals surface area (Å²) in [5.74, 6) is 0.641. The fourth-order valence-electron chi connectivity index (χ4n) is 1.75. The van der Waals surface area contributed by atoms with E-state index in [1.165, 1.54) is 12.8 Å². The number of nitrogens with two attached hydrogens (primary N) is 1. The van der Waals surface area contributed by atoms with Crippen molar-refractivity contribution in [1.82, 2.24) is 0 Å². The molecule has 0 amide bonds. The van der Waals surface area contributed by atoms with Crippen molar-refractivity contribution in [1.29, 1.82) is 0 Å². The van der Waals surface area contributed by atoms with Gasteiger partial charge in [0.15, 0.2) is 0 Å². The summed E-state index contributed by atoms with van der Waals surface area (Å²) >= 11 is 0. The van der Waals surface area contributed by atoms with Crippen LogP contribution in [0.25, 0.3) is 0 Å². The first-order valence-corrected chi connectivity index (χ1v) is 4.59. The summed E-state index contributed by atoms with van der Waals surface area (Å²) in [6.45, 7) is 1.49. The summed E-state index contributed by atoms with van der Waals surface area (Å²) in [6, 6.07) is 0. The fraction of sp³-hybridized carbons (Fsp3) is 1.00. The first kappa shape index (κ1) is 9.96. The van der Waals surface area contributed by atoms with Gasteiger partial charge < -0.3 is 15.6 Å². The Hall–Kier alpha value is -0.120. The molecule has 0 saturated heterocycles. The number of methoxy groups -OCH3 is 1. The van der Waals surface area contributed by atoms with Gasteiger partial charge in [0.25, 0.3) is 0 Å². The highest BCUT2D eigenvalue weighted by molar-refractivity contribution is 4.94. The molecular formula is C9H19NO2. The predicted molar refractivity (Wildman–Crippen MR) is 47.8 cm³/mol. The Morgan fingerprint density at radius 3 is 2.58 bits per heavy atom. The van der Waals surface area contributed by atoms with E-state index in [-0.39, 0.29) is 12.0 Å². The Morgan fingerprint density at radius 1 is 1.58 bits per heavy atom. The average molecular weight is 173 g/mol. The quantitative estimate of drug-likeness (QED) is 0.610. The van der Waals surface area contributed by atoms with E-state index in [1.54, 1.807) is 7.11 Å². The van der Waals surface area contributed by atoms with Crippen LogP contribution in [0.5, 0.6) is 0 Å². The van der Waals surface area contributed by atoms with Crippen LogP contribution in [0.3, 0.4) is 0 Å². The molecule has 0 aromatic rings. The molecule has 1 rings (SSSR count). The Kier molecular flexibility index (Phi) is 3.50. The molecule has 1 unspecified atom stereocenters. The number of hydrogen-bond acceptors (Lipinski definition) is 3. The van der Waals surface area contributed by atoms with Gasteiger partial charge in [-0.3, -0.25) is 0 Å². The molecule has 1 fully saturated rings. The summed E-state index contributed by atoms with van der Waals surface area (Å²) in [6.07, 6.45) is 3.34. The predicted octanol–water partition coefficient (Wildman–Crippen LogP) is 0.370. The lowest BCUT2D eigenvalue weighted by molar-refractivity contribution is 0.0640. The molecule has 1 saturated carbocycles. The Bertz CT molecular complexity index is 130. The Morgan fingerprint density at radius 2 is 2.25 bits per heavy atom. The van der Waals surface area contributed by atoms with E-state index in [0.717, 1.165) is 6.42 Å². The third-order valence-corrected chi connectivity index (χ3v) is 2.97. The number of aliphatic hydroxyl groups excluding tert-OH is 1. The molecule has 0 radical (unpaired) electrons. The molecule has 3 nitrogen and oxygen atoms in total. The molecule has 0 aromatic carbocycles. The van der Waals surface area contributed by atoms with Crippen LogP contribution in [0, 0.1) is 11.3 Å². The van der Waals surface area contributed by atoms with Crippen molar-refractivity contribution in [2.75, 3.05) is 26.9 Å².